The Morgan fingerprint density at radius 2 is 1.73 bits per heavy atom. The van der Waals surface area contributed by atoms with E-state index in [1.165, 1.54) is 30.2 Å². The number of ether oxygens (including phenoxy) is 1. The summed E-state index contributed by atoms with van der Waals surface area (Å²) in [5.41, 5.74) is 4.99. The molecule has 0 spiro atoms. The van der Waals surface area contributed by atoms with Crippen LogP contribution in [0.15, 0.2) is 65.0 Å². The predicted molar refractivity (Wildman–Crippen MR) is 136 cm³/mol. The van der Waals surface area contributed by atoms with Crippen LogP contribution >= 0.6 is 23.1 Å². The van der Waals surface area contributed by atoms with Gasteiger partial charge in [-0.1, -0.05) is 30.0 Å². The largest absolute Gasteiger partial charge is 0.496 e. The molecular weight excluding hydrogens is 454 g/mol. The Morgan fingerprint density at radius 1 is 0.970 bits per heavy atom. The Hall–Kier alpha value is -3.36. The number of hydrogen-bond acceptors (Lipinski definition) is 6. The first kappa shape index (κ1) is 22.8. The molecule has 0 saturated carbocycles. The molecule has 8 heteroatoms. The zero-order chi connectivity index (χ0) is 23.4. The van der Waals surface area contributed by atoms with Crippen molar-refractivity contribution >= 4 is 56.5 Å². The zero-order valence-electron chi connectivity index (χ0n) is 18.5. The van der Waals surface area contributed by atoms with E-state index in [1.807, 2.05) is 50.2 Å². The summed E-state index contributed by atoms with van der Waals surface area (Å²) in [6.07, 6.45) is 0. The third-order valence-electron chi connectivity index (χ3n) is 4.81. The van der Waals surface area contributed by atoms with E-state index < -0.39 is 0 Å². The van der Waals surface area contributed by atoms with Gasteiger partial charge in [0.25, 0.3) is 5.91 Å². The number of nitrogens with one attached hydrogen (secondary N) is 2. The quantitative estimate of drug-likeness (QED) is 0.324. The molecule has 1 aromatic heterocycles. The van der Waals surface area contributed by atoms with E-state index >= 15 is 0 Å². The van der Waals surface area contributed by atoms with Crippen LogP contribution in [0, 0.1) is 13.8 Å². The van der Waals surface area contributed by atoms with Gasteiger partial charge in [0.05, 0.1) is 28.6 Å². The van der Waals surface area contributed by atoms with Gasteiger partial charge in [0.1, 0.15) is 5.75 Å². The van der Waals surface area contributed by atoms with Crippen molar-refractivity contribution in [2.45, 2.75) is 18.2 Å². The van der Waals surface area contributed by atoms with Gasteiger partial charge >= 0.3 is 0 Å². The molecule has 0 bridgehead atoms. The number of carbonyl (C=O) groups excluding carboxylic acids is 2. The van der Waals surface area contributed by atoms with E-state index in [2.05, 4.69) is 21.7 Å². The molecular formula is C25H23N3O3S2. The molecule has 0 atom stereocenters. The van der Waals surface area contributed by atoms with Gasteiger partial charge in [0.2, 0.25) is 5.91 Å². The Balaban J connectivity index is 1.40. The molecule has 2 N–H and O–H groups in total. The van der Waals surface area contributed by atoms with Crippen molar-refractivity contribution in [1.82, 2.24) is 4.98 Å². The highest BCUT2D eigenvalue weighted by atomic mass is 32.2. The molecule has 4 rings (SSSR count). The smallest absolute Gasteiger partial charge is 0.259 e. The lowest BCUT2D eigenvalue weighted by Gasteiger charge is -2.09. The van der Waals surface area contributed by atoms with E-state index in [9.17, 15) is 9.59 Å². The topological polar surface area (TPSA) is 80.3 Å². The van der Waals surface area contributed by atoms with Gasteiger partial charge in [-0.25, -0.2) is 4.98 Å². The highest BCUT2D eigenvalue weighted by Crippen LogP contribution is 2.32. The number of carbonyl (C=O) groups is 2. The zero-order valence-corrected chi connectivity index (χ0v) is 20.1. The maximum absolute atomic E-state index is 12.7. The summed E-state index contributed by atoms with van der Waals surface area (Å²) < 4.78 is 7.00. The molecule has 0 unspecified atom stereocenters. The molecule has 0 aliphatic carbocycles. The summed E-state index contributed by atoms with van der Waals surface area (Å²) in [6.45, 7) is 4.01. The second-order valence-corrected chi connectivity index (χ2v) is 9.78. The lowest BCUT2D eigenvalue weighted by molar-refractivity contribution is -0.113. The average molecular weight is 478 g/mol. The van der Waals surface area contributed by atoms with E-state index in [0.717, 1.165) is 31.4 Å². The summed E-state index contributed by atoms with van der Waals surface area (Å²) in [5, 5.41) is 5.85. The molecule has 3 aromatic carbocycles. The van der Waals surface area contributed by atoms with Gasteiger partial charge in [-0.3, -0.25) is 9.59 Å². The minimum atomic E-state index is -0.242. The molecule has 0 saturated heterocycles. The van der Waals surface area contributed by atoms with Crippen molar-refractivity contribution < 1.29 is 14.3 Å². The number of aryl methyl sites for hydroxylation is 2. The van der Waals surface area contributed by atoms with Gasteiger partial charge in [-0.15, -0.1) is 11.3 Å². The fourth-order valence-corrected chi connectivity index (χ4v) is 5.35. The van der Waals surface area contributed by atoms with Crippen LogP contribution in [0.1, 0.15) is 21.5 Å². The number of fused-ring (bicyclic) bond motifs is 1. The van der Waals surface area contributed by atoms with Crippen molar-refractivity contribution in [3.63, 3.8) is 0 Å². The number of para-hydroxylation sites is 1. The average Bonchev–Trinajstić information content (AvgIpc) is 3.19. The Labute approximate surface area is 200 Å². The summed E-state index contributed by atoms with van der Waals surface area (Å²) in [5.74, 6) is 0.471. The number of rotatable bonds is 7. The minimum Gasteiger partial charge on any atom is -0.496 e. The standard InChI is InChI=1S/C25H23N3O3S2/c1-15-10-16(2)12-18(11-15)26-23(29)14-32-25-28-20-9-8-17(13-22(20)33-25)27-24(30)19-6-4-5-7-21(19)31-3/h4-13H,14H2,1-3H3,(H,26,29)(H,27,30). The van der Waals surface area contributed by atoms with Crippen LogP contribution in [0.5, 0.6) is 5.75 Å². The van der Waals surface area contributed by atoms with E-state index in [4.69, 9.17) is 4.74 Å². The molecule has 0 aliphatic rings. The molecule has 2 amide bonds. The van der Waals surface area contributed by atoms with E-state index in [1.54, 1.807) is 18.2 Å². The van der Waals surface area contributed by atoms with Crippen LogP contribution in [0.3, 0.4) is 0 Å². The number of aromatic nitrogens is 1. The SMILES string of the molecule is COc1ccccc1C(=O)Nc1ccc2nc(SCC(=O)Nc3cc(C)cc(C)c3)sc2c1. The van der Waals surface area contributed by atoms with Gasteiger partial charge in [-0.2, -0.15) is 0 Å². The van der Waals surface area contributed by atoms with Crippen molar-refractivity contribution in [1.29, 1.82) is 0 Å². The molecule has 33 heavy (non-hydrogen) atoms. The molecule has 1 heterocycles. The van der Waals surface area contributed by atoms with Crippen molar-refractivity contribution in [2.24, 2.45) is 0 Å². The maximum atomic E-state index is 12.7. The predicted octanol–water partition coefficient (Wildman–Crippen LogP) is 5.90. The number of anilines is 2. The molecule has 6 nitrogen and oxygen atoms in total. The van der Waals surface area contributed by atoms with E-state index in [0.29, 0.717) is 17.0 Å². The Kier molecular flexibility index (Phi) is 6.96. The molecule has 0 fully saturated rings. The maximum Gasteiger partial charge on any atom is 0.259 e. The van der Waals surface area contributed by atoms with Gasteiger partial charge < -0.3 is 15.4 Å². The monoisotopic (exact) mass is 477 g/mol. The van der Waals surface area contributed by atoms with Crippen LogP contribution in [0.2, 0.25) is 0 Å². The lowest BCUT2D eigenvalue weighted by atomic mass is 10.1. The summed E-state index contributed by atoms with van der Waals surface area (Å²) in [7, 11) is 1.54. The highest BCUT2D eigenvalue weighted by Gasteiger charge is 2.13. The second kappa shape index (κ2) is 10.1. The highest BCUT2D eigenvalue weighted by molar-refractivity contribution is 8.01. The van der Waals surface area contributed by atoms with Crippen LogP contribution in [-0.2, 0) is 4.79 Å². The van der Waals surface area contributed by atoms with Crippen molar-refractivity contribution in [3.8, 4) is 5.75 Å². The van der Waals surface area contributed by atoms with Crippen LogP contribution in [-0.4, -0.2) is 29.7 Å². The number of methoxy groups -OCH3 is 1. The first-order valence-corrected chi connectivity index (χ1v) is 12.1. The molecule has 0 radical (unpaired) electrons. The summed E-state index contributed by atoms with van der Waals surface area (Å²) >= 11 is 2.89. The fraction of sp³-hybridized carbons (Fsp3) is 0.160. The first-order chi connectivity index (χ1) is 15.9. The third kappa shape index (κ3) is 5.71. The molecule has 0 aliphatic heterocycles. The number of nitrogens with zero attached hydrogens (tertiary/aromatic N) is 1. The van der Waals surface area contributed by atoms with Crippen LogP contribution in [0.25, 0.3) is 10.2 Å². The number of thioether (sulfide) groups is 1. The summed E-state index contributed by atoms with van der Waals surface area (Å²) in [6, 6.07) is 18.6. The molecule has 168 valence electrons. The number of hydrogen-bond donors (Lipinski definition) is 2. The summed E-state index contributed by atoms with van der Waals surface area (Å²) in [4.78, 5) is 29.6. The normalized spacial score (nSPS) is 10.8. The lowest BCUT2D eigenvalue weighted by Crippen LogP contribution is -2.14. The second-order valence-electron chi connectivity index (χ2n) is 7.53. The Bertz CT molecular complexity index is 1310. The van der Waals surface area contributed by atoms with Crippen LogP contribution in [0.4, 0.5) is 11.4 Å². The van der Waals surface area contributed by atoms with Crippen molar-refractivity contribution in [3.05, 3.63) is 77.4 Å². The van der Waals surface area contributed by atoms with Gasteiger partial charge in [0.15, 0.2) is 4.34 Å². The van der Waals surface area contributed by atoms with Gasteiger partial charge in [-0.05, 0) is 67.4 Å². The van der Waals surface area contributed by atoms with Gasteiger partial charge in [0, 0.05) is 11.4 Å². The fourth-order valence-electron chi connectivity index (χ4n) is 3.44. The van der Waals surface area contributed by atoms with Crippen molar-refractivity contribution in [2.75, 3.05) is 23.5 Å². The van der Waals surface area contributed by atoms with E-state index in [-0.39, 0.29) is 17.6 Å². The first-order valence-electron chi connectivity index (χ1n) is 10.3. The third-order valence-corrected chi connectivity index (χ3v) is 6.97. The minimum absolute atomic E-state index is 0.0750. The number of benzene rings is 3. The Morgan fingerprint density at radius 3 is 2.48 bits per heavy atom. The number of amides is 2. The molecule has 4 aromatic rings. The number of thiazole rings is 1. The van der Waals surface area contributed by atoms with Crippen LogP contribution < -0.4 is 15.4 Å².